The number of benzene rings is 1. The zero-order valence-corrected chi connectivity index (χ0v) is 12.9. The number of carbonyl (C=O) groups is 1. The molecule has 3 rings (SSSR count). The summed E-state index contributed by atoms with van der Waals surface area (Å²) in [7, 11) is 0. The van der Waals surface area contributed by atoms with Crippen LogP contribution in [0.2, 0.25) is 0 Å². The number of amides is 2. The fourth-order valence-corrected chi connectivity index (χ4v) is 3.18. The molecule has 1 atom stereocenters. The molecule has 3 N–H and O–H groups in total. The van der Waals surface area contributed by atoms with Gasteiger partial charge in [0, 0.05) is 31.9 Å². The molecule has 0 radical (unpaired) electrons. The van der Waals surface area contributed by atoms with Crippen molar-refractivity contribution < 1.29 is 9.90 Å². The third kappa shape index (κ3) is 3.71. The first-order valence-electron chi connectivity index (χ1n) is 8.19. The number of nitrogens with zero attached hydrogens (tertiary/aromatic N) is 1. The highest BCUT2D eigenvalue weighted by molar-refractivity contribution is 5.73. The highest BCUT2D eigenvalue weighted by atomic mass is 16.3. The molecule has 1 saturated carbocycles. The van der Waals surface area contributed by atoms with Gasteiger partial charge in [0.05, 0.1) is 5.60 Å². The molecule has 5 nitrogen and oxygen atoms in total. The van der Waals surface area contributed by atoms with Gasteiger partial charge in [-0.05, 0) is 43.7 Å². The molecule has 1 heterocycles. The lowest BCUT2D eigenvalue weighted by molar-refractivity contribution is -0.0290. The second-order valence-electron chi connectivity index (χ2n) is 6.58. The lowest BCUT2D eigenvalue weighted by Gasteiger charge is -2.36. The molecule has 1 saturated heterocycles. The van der Waals surface area contributed by atoms with Crippen LogP contribution >= 0.6 is 0 Å². The number of aliphatic hydroxyl groups is 1. The van der Waals surface area contributed by atoms with Gasteiger partial charge in [-0.2, -0.15) is 0 Å². The van der Waals surface area contributed by atoms with Gasteiger partial charge in [0.1, 0.15) is 0 Å². The van der Waals surface area contributed by atoms with Crippen LogP contribution in [0.3, 0.4) is 0 Å². The lowest BCUT2D eigenvalue weighted by atomic mass is 9.80. The van der Waals surface area contributed by atoms with Crippen LogP contribution in [-0.2, 0) is 0 Å². The second kappa shape index (κ2) is 6.57. The molecule has 2 fully saturated rings. The molecule has 2 aliphatic rings. The van der Waals surface area contributed by atoms with Crippen LogP contribution in [0.15, 0.2) is 30.3 Å². The molecule has 0 aromatic heterocycles. The van der Waals surface area contributed by atoms with E-state index in [1.165, 1.54) is 5.69 Å². The van der Waals surface area contributed by atoms with Gasteiger partial charge in [0.15, 0.2) is 0 Å². The van der Waals surface area contributed by atoms with E-state index >= 15 is 0 Å². The van der Waals surface area contributed by atoms with Gasteiger partial charge in [0.25, 0.3) is 0 Å². The number of urea groups is 1. The van der Waals surface area contributed by atoms with E-state index in [1.807, 2.05) is 6.07 Å². The van der Waals surface area contributed by atoms with Gasteiger partial charge in [-0.3, -0.25) is 0 Å². The minimum Gasteiger partial charge on any atom is -0.388 e. The molecule has 120 valence electrons. The minimum atomic E-state index is -0.658. The maximum atomic E-state index is 11.8. The monoisotopic (exact) mass is 303 g/mol. The van der Waals surface area contributed by atoms with E-state index in [0.717, 1.165) is 38.8 Å². The lowest BCUT2D eigenvalue weighted by Crippen LogP contribution is -2.50. The van der Waals surface area contributed by atoms with Gasteiger partial charge in [0.2, 0.25) is 0 Å². The first-order valence-corrected chi connectivity index (χ1v) is 8.19. The molecule has 0 bridgehead atoms. The van der Waals surface area contributed by atoms with Gasteiger partial charge >= 0.3 is 6.03 Å². The molecule has 2 amide bonds. The number of rotatable bonds is 5. The fraction of sp³-hybridized carbons (Fsp3) is 0.588. The molecular weight excluding hydrogens is 278 g/mol. The van der Waals surface area contributed by atoms with Crippen LogP contribution in [-0.4, -0.2) is 42.9 Å². The van der Waals surface area contributed by atoms with Crippen molar-refractivity contribution >= 4 is 11.7 Å². The Morgan fingerprint density at radius 3 is 2.73 bits per heavy atom. The first-order chi connectivity index (χ1) is 10.6. The van der Waals surface area contributed by atoms with Crippen molar-refractivity contribution in [1.29, 1.82) is 0 Å². The molecule has 1 aliphatic heterocycles. The summed E-state index contributed by atoms with van der Waals surface area (Å²) < 4.78 is 0. The largest absolute Gasteiger partial charge is 0.388 e. The molecule has 22 heavy (non-hydrogen) atoms. The highest BCUT2D eigenvalue weighted by Crippen LogP contribution is 2.30. The maximum Gasteiger partial charge on any atom is 0.314 e. The van der Waals surface area contributed by atoms with Crippen molar-refractivity contribution in [2.24, 2.45) is 5.92 Å². The number of hydrogen-bond acceptors (Lipinski definition) is 3. The Bertz CT molecular complexity index is 502. The third-order valence-electron chi connectivity index (χ3n) is 4.82. The van der Waals surface area contributed by atoms with Gasteiger partial charge in [-0.15, -0.1) is 0 Å². The summed E-state index contributed by atoms with van der Waals surface area (Å²) >= 11 is 0. The second-order valence-corrected chi connectivity index (χ2v) is 6.58. The fourth-order valence-electron chi connectivity index (χ4n) is 3.18. The maximum absolute atomic E-state index is 11.8. The van der Waals surface area contributed by atoms with Crippen LogP contribution in [0.5, 0.6) is 0 Å². The average molecular weight is 303 g/mol. The van der Waals surface area contributed by atoms with Crippen LogP contribution in [0, 0.1) is 5.92 Å². The Morgan fingerprint density at radius 2 is 2.05 bits per heavy atom. The molecule has 1 unspecified atom stereocenters. The number of para-hydroxylation sites is 1. The summed E-state index contributed by atoms with van der Waals surface area (Å²) in [6.45, 7) is 3.07. The molecule has 1 aromatic carbocycles. The van der Waals surface area contributed by atoms with Crippen LogP contribution < -0.4 is 15.5 Å². The van der Waals surface area contributed by atoms with E-state index in [4.69, 9.17) is 0 Å². The van der Waals surface area contributed by atoms with Crippen LogP contribution in [0.25, 0.3) is 0 Å². The number of nitrogens with one attached hydrogen (secondary N) is 2. The normalized spacial score (nSPS) is 23.0. The summed E-state index contributed by atoms with van der Waals surface area (Å²) in [5.41, 5.74) is 0.594. The topological polar surface area (TPSA) is 64.6 Å². The quantitative estimate of drug-likeness (QED) is 0.776. The van der Waals surface area contributed by atoms with Crippen molar-refractivity contribution in [1.82, 2.24) is 10.6 Å². The zero-order chi connectivity index (χ0) is 15.4. The van der Waals surface area contributed by atoms with E-state index in [1.54, 1.807) is 0 Å². The summed E-state index contributed by atoms with van der Waals surface area (Å²) in [4.78, 5) is 14.2. The Hall–Kier alpha value is -1.75. The Labute approximate surface area is 131 Å². The molecule has 5 heteroatoms. The van der Waals surface area contributed by atoms with E-state index in [0.29, 0.717) is 19.0 Å². The van der Waals surface area contributed by atoms with Crippen LogP contribution in [0.4, 0.5) is 10.5 Å². The van der Waals surface area contributed by atoms with E-state index in [2.05, 4.69) is 39.8 Å². The summed E-state index contributed by atoms with van der Waals surface area (Å²) in [5, 5.41) is 15.7. The average Bonchev–Trinajstić information content (AvgIpc) is 2.99. The molecule has 1 aromatic rings. The van der Waals surface area contributed by atoms with Crippen molar-refractivity contribution in [3.05, 3.63) is 30.3 Å². The predicted molar refractivity (Wildman–Crippen MR) is 87.0 cm³/mol. The summed E-state index contributed by atoms with van der Waals surface area (Å²) in [6.07, 6.45) is 3.74. The number of hydrogen-bond donors (Lipinski definition) is 3. The van der Waals surface area contributed by atoms with Crippen molar-refractivity contribution in [2.45, 2.75) is 31.3 Å². The Balaban J connectivity index is 1.36. The number of carbonyl (C=O) groups excluding carboxylic acids is 1. The predicted octanol–water partition coefficient (Wildman–Crippen LogP) is 1.73. The van der Waals surface area contributed by atoms with Crippen molar-refractivity contribution in [2.75, 3.05) is 31.1 Å². The van der Waals surface area contributed by atoms with Crippen molar-refractivity contribution in [3.8, 4) is 0 Å². The van der Waals surface area contributed by atoms with E-state index in [9.17, 15) is 9.90 Å². The number of anilines is 1. The Kier molecular flexibility index (Phi) is 4.52. The molecular formula is C17H25N3O2. The SMILES string of the molecule is O=C(NCC1CCN(c2ccccc2)C1)NCC1(O)CCC1. The molecule has 1 aliphatic carbocycles. The van der Waals surface area contributed by atoms with Crippen LogP contribution in [0.1, 0.15) is 25.7 Å². The van der Waals surface area contributed by atoms with Crippen molar-refractivity contribution in [3.63, 3.8) is 0 Å². The standard InChI is InChI=1S/C17H25N3O2/c21-16(19-13-17(22)8-4-9-17)18-11-14-7-10-20(12-14)15-5-2-1-3-6-15/h1-3,5-6,14,22H,4,7-13H2,(H2,18,19,21). The first kappa shape index (κ1) is 15.2. The minimum absolute atomic E-state index is 0.168. The highest BCUT2D eigenvalue weighted by Gasteiger charge is 2.34. The summed E-state index contributed by atoms with van der Waals surface area (Å²) in [6, 6.07) is 10.2. The third-order valence-corrected chi connectivity index (χ3v) is 4.82. The van der Waals surface area contributed by atoms with Gasteiger partial charge in [-0.25, -0.2) is 4.79 Å². The Morgan fingerprint density at radius 1 is 1.27 bits per heavy atom. The van der Waals surface area contributed by atoms with E-state index in [-0.39, 0.29) is 6.03 Å². The molecule has 0 spiro atoms. The zero-order valence-electron chi connectivity index (χ0n) is 12.9. The van der Waals surface area contributed by atoms with Gasteiger partial charge in [-0.1, -0.05) is 18.2 Å². The smallest absolute Gasteiger partial charge is 0.314 e. The summed E-state index contributed by atoms with van der Waals surface area (Å²) in [5.74, 6) is 0.484. The van der Waals surface area contributed by atoms with Gasteiger partial charge < -0.3 is 20.6 Å². The van der Waals surface area contributed by atoms with E-state index < -0.39 is 5.60 Å².